The Hall–Kier alpha value is 0.576. The Bertz CT molecular complexity index is 499. The fraction of sp³-hybridized carbons (Fsp3) is 0.765. The second-order valence-corrected chi connectivity index (χ2v) is 22.8. The van der Waals surface area contributed by atoms with Crippen LogP contribution in [0.5, 0.6) is 0 Å². The van der Waals surface area contributed by atoms with Crippen molar-refractivity contribution in [2.45, 2.75) is 82.8 Å². The topological polar surface area (TPSA) is 27.7 Å². The van der Waals surface area contributed by atoms with Gasteiger partial charge in [-0.15, -0.1) is 0 Å². The molecular formula is C17H31F3GeO3Zr. The first-order chi connectivity index (χ1) is 11.2. The minimum absolute atomic E-state index is 0.177. The van der Waals surface area contributed by atoms with Crippen molar-refractivity contribution in [2.24, 2.45) is 0 Å². The predicted molar refractivity (Wildman–Crippen MR) is 93.0 cm³/mol. The van der Waals surface area contributed by atoms with Crippen molar-refractivity contribution in [3.05, 3.63) is 19.8 Å². The monoisotopic (exact) mass is 504 g/mol. The molecule has 0 aliphatic heterocycles. The van der Waals surface area contributed by atoms with E-state index in [9.17, 15) is 13.2 Å². The third-order valence-electron chi connectivity index (χ3n) is 3.86. The zero-order valence-electron chi connectivity index (χ0n) is 16.5. The van der Waals surface area contributed by atoms with Crippen molar-refractivity contribution in [1.82, 2.24) is 0 Å². The van der Waals surface area contributed by atoms with Crippen molar-refractivity contribution < 1.29 is 43.2 Å². The fourth-order valence-corrected chi connectivity index (χ4v) is 20.2. The Morgan fingerprint density at radius 1 is 0.920 bits per heavy atom. The predicted octanol–water partition coefficient (Wildman–Crippen LogP) is 5.72. The summed E-state index contributed by atoms with van der Waals surface area (Å²) in [5, 5.41) is -4.18. The Morgan fingerprint density at radius 3 is 1.64 bits per heavy atom. The van der Waals surface area contributed by atoms with Crippen LogP contribution in [0.1, 0.15) is 48.0 Å². The number of halogens is 3. The van der Waals surface area contributed by atoms with Gasteiger partial charge < -0.3 is 0 Å². The molecule has 0 aromatic heterocycles. The molecule has 0 aromatic carbocycles. The van der Waals surface area contributed by atoms with E-state index < -0.39 is 39.9 Å². The van der Waals surface area contributed by atoms with E-state index in [1.54, 1.807) is 12.2 Å². The third-order valence-corrected chi connectivity index (χ3v) is 20.7. The minimum atomic E-state index is -4.38. The SMILES string of the molecule is CC(C)[O][Zr]([O]C(C)C)([O]C(C)C)[C]1=[C]([Ge]([CH3])([CH3])[C](F)(F)F)C=CC1. The molecule has 0 atom stereocenters. The second kappa shape index (κ2) is 8.72. The van der Waals surface area contributed by atoms with Crippen LogP contribution in [0.2, 0.25) is 11.5 Å². The van der Waals surface area contributed by atoms with Crippen molar-refractivity contribution in [3.8, 4) is 0 Å². The number of rotatable bonds is 8. The molecule has 0 unspecified atom stereocenters. The van der Waals surface area contributed by atoms with Gasteiger partial charge in [-0.1, -0.05) is 0 Å². The van der Waals surface area contributed by atoms with Gasteiger partial charge in [-0.3, -0.25) is 0 Å². The Labute approximate surface area is 158 Å². The molecule has 1 rings (SSSR count). The maximum absolute atomic E-state index is 13.8. The molecule has 1 aliphatic carbocycles. The molecular weight excluding hydrogens is 473 g/mol. The molecule has 0 spiro atoms. The van der Waals surface area contributed by atoms with Crippen molar-refractivity contribution >= 4 is 13.3 Å². The first-order valence-corrected chi connectivity index (χ1v) is 19.3. The first kappa shape index (κ1) is 23.6. The number of hydrogen-bond acceptors (Lipinski definition) is 3. The molecule has 0 fully saturated rings. The molecule has 0 aromatic rings. The van der Waals surface area contributed by atoms with E-state index in [1.807, 2.05) is 41.5 Å². The molecule has 0 N–H and O–H groups in total. The average Bonchev–Trinajstić information content (AvgIpc) is 2.84. The van der Waals surface area contributed by atoms with Gasteiger partial charge >= 0.3 is 159 Å². The van der Waals surface area contributed by atoms with Crippen LogP contribution in [-0.4, -0.2) is 36.6 Å². The van der Waals surface area contributed by atoms with Crippen molar-refractivity contribution in [3.63, 3.8) is 0 Å². The molecule has 146 valence electrons. The molecule has 0 amide bonds. The van der Waals surface area contributed by atoms with Crippen LogP contribution in [0.4, 0.5) is 13.2 Å². The van der Waals surface area contributed by atoms with Gasteiger partial charge in [0.25, 0.3) is 0 Å². The molecule has 0 saturated carbocycles. The van der Waals surface area contributed by atoms with Gasteiger partial charge in [0.05, 0.1) is 0 Å². The van der Waals surface area contributed by atoms with Crippen LogP contribution < -0.4 is 0 Å². The summed E-state index contributed by atoms with van der Waals surface area (Å²) in [4.78, 5) is 0. The summed E-state index contributed by atoms with van der Waals surface area (Å²) in [5.74, 6) is 2.78. The van der Waals surface area contributed by atoms with Gasteiger partial charge in [-0.25, -0.2) is 0 Å². The van der Waals surface area contributed by atoms with Gasteiger partial charge in [-0.05, 0) is 0 Å². The molecule has 25 heavy (non-hydrogen) atoms. The van der Waals surface area contributed by atoms with Crippen LogP contribution >= 0.6 is 0 Å². The van der Waals surface area contributed by atoms with Crippen molar-refractivity contribution in [2.75, 3.05) is 0 Å². The second-order valence-electron chi connectivity index (χ2n) is 7.68. The summed E-state index contributed by atoms with van der Waals surface area (Å²) in [6.45, 7) is 11.2. The first-order valence-electron chi connectivity index (χ1n) is 8.73. The van der Waals surface area contributed by atoms with E-state index in [4.69, 9.17) is 8.44 Å². The summed E-state index contributed by atoms with van der Waals surface area (Å²) < 4.78 is 61.0. The van der Waals surface area contributed by atoms with Gasteiger partial charge in [0.1, 0.15) is 0 Å². The van der Waals surface area contributed by atoms with Crippen LogP contribution in [0.25, 0.3) is 0 Å². The van der Waals surface area contributed by atoms with Crippen LogP contribution in [-0.2, 0) is 30.0 Å². The average molecular weight is 504 g/mol. The van der Waals surface area contributed by atoms with Crippen LogP contribution in [0, 0.1) is 0 Å². The summed E-state index contributed by atoms with van der Waals surface area (Å²) in [6, 6.07) is 0. The molecule has 0 heterocycles. The van der Waals surface area contributed by atoms with Gasteiger partial charge in [0, 0.05) is 0 Å². The van der Waals surface area contributed by atoms with Gasteiger partial charge in [-0.2, -0.15) is 0 Å². The molecule has 8 heteroatoms. The Morgan fingerprint density at radius 2 is 1.32 bits per heavy atom. The Kier molecular flexibility index (Phi) is 8.24. The van der Waals surface area contributed by atoms with E-state index in [1.165, 1.54) is 11.5 Å². The molecule has 1 aliphatic rings. The zero-order chi connectivity index (χ0) is 19.6. The van der Waals surface area contributed by atoms with Crippen LogP contribution in [0.3, 0.4) is 0 Å². The summed E-state index contributed by atoms with van der Waals surface area (Å²) in [7, 11) is 0. The Balaban J connectivity index is 3.57. The van der Waals surface area contributed by atoms with E-state index in [0.717, 1.165) is 0 Å². The fourth-order valence-electron chi connectivity index (χ4n) is 2.76. The van der Waals surface area contributed by atoms with Gasteiger partial charge in [0.2, 0.25) is 0 Å². The molecule has 0 bridgehead atoms. The number of hydrogen-bond donors (Lipinski definition) is 0. The van der Waals surface area contributed by atoms with Crippen molar-refractivity contribution in [1.29, 1.82) is 0 Å². The van der Waals surface area contributed by atoms with Gasteiger partial charge in [0.15, 0.2) is 0 Å². The third kappa shape index (κ3) is 5.77. The maximum atomic E-state index is 13.8. The summed E-state index contributed by atoms with van der Waals surface area (Å²) in [5.41, 5.74) is 0. The van der Waals surface area contributed by atoms with Crippen LogP contribution in [0.15, 0.2) is 19.8 Å². The van der Waals surface area contributed by atoms with E-state index in [-0.39, 0.29) is 18.3 Å². The molecule has 3 nitrogen and oxygen atoms in total. The molecule has 0 radical (unpaired) electrons. The van der Waals surface area contributed by atoms with E-state index >= 15 is 0 Å². The van der Waals surface area contributed by atoms with E-state index in [2.05, 4.69) is 0 Å². The zero-order valence-corrected chi connectivity index (χ0v) is 21.0. The van der Waals surface area contributed by atoms with E-state index in [0.29, 0.717) is 14.1 Å². The number of alkyl halides is 3. The summed E-state index contributed by atoms with van der Waals surface area (Å²) in [6.07, 6.45) is 3.34. The quantitative estimate of drug-likeness (QED) is 0.396. The number of allylic oxidation sites excluding steroid dienone is 4. The summed E-state index contributed by atoms with van der Waals surface area (Å²) >= 11 is -8.67. The normalized spacial score (nSPS) is 16.9. The standard InChI is InChI=1S/C8H10F3Ge.3C3H7O.Zr/c1-12(2,8(9,10)11)7-5-3-4-6-7;3*1-3(2)4;/h3,5H,4H2,1-2H3;3*3H,1-2H3;/q;3*-1;+3. The molecule has 0 saturated heterocycles.